The molecule has 0 bridgehead atoms. The van der Waals surface area contributed by atoms with E-state index in [-0.39, 0.29) is 5.78 Å². The van der Waals surface area contributed by atoms with Gasteiger partial charge < -0.3 is 0 Å². The van der Waals surface area contributed by atoms with E-state index < -0.39 is 0 Å². The van der Waals surface area contributed by atoms with Crippen LogP contribution >= 0.6 is 0 Å². The summed E-state index contributed by atoms with van der Waals surface area (Å²) in [5.74, 6) is 1.94. The van der Waals surface area contributed by atoms with Gasteiger partial charge in [0.05, 0.1) is 7.05 Å². The molecule has 17 heavy (non-hydrogen) atoms. The Bertz CT molecular complexity index is 543. The third-order valence-electron chi connectivity index (χ3n) is 2.94. The first-order valence-corrected chi connectivity index (χ1v) is 5.58. The van der Waals surface area contributed by atoms with Crippen LogP contribution in [0.4, 0.5) is 0 Å². The van der Waals surface area contributed by atoms with Gasteiger partial charge in [-0.25, -0.2) is 4.57 Å². The van der Waals surface area contributed by atoms with E-state index in [1.807, 2.05) is 55.8 Å². The van der Waals surface area contributed by atoms with E-state index in [9.17, 15) is 4.79 Å². The zero-order valence-corrected chi connectivity index (χ0v) is 10.3. The van der Waals surface area contributed by atoms with Crippen molar-refractivity contribution in [3.63, 3.8) is 0 Å². The lowest BCUT2D eigenvalue weighted by molar-refractivity contribution is -0.695. The molecule has 0 saturated carbocycles. The second kappa shape index (κ2) is 4.49. The minimum atomic E-state index is 0.106. The van der Waals surface area contributed by atoms with Crippen LogP contribution in [0.15, 0.2) is 30.3 Å². The second-order valence-corrected chi connectivity index (χ2v) is 4.09. The molecule has 0 radical (unpaired) electrons. The number of nitrogens with zero attached hydrogens (tertiary/aromatic N) is 3. The molecule has 0 atom stereocenters. The third-order valence-corrected chi connectivity index (χ3v) is 2.94. The Labute approximate surface area is 101 Å². The summed E-state index contributed by atoms with van der Waals surface area (Å²) in [6, 6.07) is 9.33. The fourth-order valence-corrected chi connectivity index (χ4v) is 1.84. The van der Waals surface area contributed by atoms with E-state index in [1.54, 1.807) is 4.68 Å². The number of hydrogen-bond acceptors (Lipinski definition) is 2. The van der Waals surface area contributed by atoms with Crippen molar-refractivity contribution < 1.29 is 9.36 Å². The molecule has 0 unspecified atom stereocenters. The second-order valence-electron chi connectivity index (χ2n) is 4.09. The highest BCUT2D eigenvalue weighted by atomic mass is 16.1. The number of benzene rings is 1. The maximum atomic E-state index is 12.1. The molecule has 1 aromatic heterocycles. The number of Topliss-reactive ketones (excluding diaryl/α,β-unsaturated/α-hetero) is 1. The van der Waals surface area contributed by atoms with Crippen LogP contribution < -0.4 is 4.57 Å². The Balaban J connectivity index is 2.25. The van der Waals surface area contributed by atoms with Crippen molar-refractivity contribution in [2.45, 2.75) is 20.4 Å². The molecular weight excluding hydrogens is 214 g/mol. The fraction of sp³-hybridized carbons (Fsp3) is 0.308. The first kappa shape index (κ1) is 11.5. The summed E-state index contributed by atoms with van der Waals surface area (Å²) in [6.07, 6.45) is 0. The van der Waals surface area contributed by atoms with Crippen LogP contribution in [0.5, 0.6) is 0 Å². The van der Waals surface area contributed by atoms with Crippen molar-refractivity contribution in [2.24, 2.45) is 7.05 Å². The van der Waals surface area contributed by atoms with E-state index in [2.05, 4.69) is 5.10 Å². The van der Waals surface area contributed by atoms with E-state index in [4.69, 9.17) is 0 Å². The minimum absolute atomic E-state index is 0.106. The van der Waals surface area contributed by atoms with Crippen LogP contribution in [0, 0.1) is 13.8 Å². The average Bonchev–Trinajstić information content (AvgIpc) is 2.57. The van der Waals surface area contributed by atoms with Crippen LogP contribution in [-0.2, 0) is 13.6 Å². The largest absolute Gasteiger partial charge is 0.291 e. The van der Waals surface area contributed by atoms with Gasteiger partial charge in [-0.05, 0) is 0 Å². The molecule has 88 valence electrons. The highest BCUT2D eigenvalue weighted by Crippen LogP contribution is 2.01. The molecule has 4 nitrogen and oxygen atoms in total. The van der Waals surface area contributed by atoms with Crippen molar-refractivity contribution in [1.82, 2.24) is 9.78 Å². The lowest BCUT2D eigenvalue weighted by Crippen LogP contribution is -2.42. The summed E-state index contributed by atoms with van der Waals surface area (Å²) >= 11 is 0. The molecule has 0 fully saturated rings. The molecule has 2 aromatic rings. The van der Waals surface area contributed by atoms with Gasteiger partial charge in [-0.15, -0.1) is 4.68 Å². The Morgan fingerprint density at radius 3 is 2.47 bits per heavy atom. The highest BCUT2D eigenvalue weighted by Gasteiger charge is 2.19. The van der Waals surface area contributed by atoms with Gasteiger partial charge in [-0.1, -0.05) is 30.3 Å². The van der Waals surface area contributed by atoms with Crippen molar-refractivity contribution in [3.8, 4) is 0 Å². The molecule has 0 spiro atoms. The smallest absolute Gasteiger partial charge is 0.274 e. The van der Waals surface area contributed by atoms with Crippen LogP contribution in [0.1, 0.15) is 22.0 Å². The summed E-state index contributed by atoms with van der Waals surface area (Å²) in [5.41, 5.74) is 0.739. The predicted octanol–water partition coefficient (Wildman–Crippen LogP) is 1.21. The van der Waals surface area contributed by atoms with Gasteiger partial charge in [0, 0.05) is 24.5 Å². The third kappa shape index (κ3) is 2.25. The Hall–Kier alpha value is -1.97. The maximum Gasteiger partial charge on any atom is 0.274 e. The molecule has 0 aliphatic heterocycles. The first-order chi connectivity index (χ1) is 8.09. The van der Waals surface area contributed by atoms with E-state index in [0.29, 0.717) is 6.54 Å². The van der Waals surface area contributed by atoms with Crippen molar-refractivity contribution in [2.75, 3.05) is 0 Å². The zero-order valence-electron chi connectivity index (χ0n) is 10.3. The molecule has 4 heteroatoms. The normalized spacial score (nSPS) is 10.5. The molecular formula is C13H16N3O+. The van der Waals surface area contributed by atoms with Crippen molar-refractivity contribution >= 4 is 5.78 Å². The minimum Gasteiger partial charge on any atom is -0.291 e. The van der Waals surface area contributed by atoms with Gasteiger partial charge in [0.15, 0.2) is 5.78 Å². The quantitative estimate of drug-likeness (QED) is 0.587. The molecule has 0 N–H and O–H groups in total. The molecule has 1 aromatic carbocycles. The Morgan fingerprint density at radius 1 is 1.29 bits per heavy atom. The number of carbonyl (C=O) groups excluding carboxylic acids is 1. The number of aromatic nitrogens is 3. The predicted molar refractivity (Wildman–Crippen MR) is 63.6 cm³/mol. The Morgan fingerprint density at radius 2 is 1.94 bits per heavy atom. The van der Waals surface area contributed by atoms with Crippen LogP contribution in [-0.4, -0.2) is 15.6 Å². The molecule has 0 aliphatic carbocycles. The van der Waals surface area contributed by atoms with Gasteiger partial charge in [-0.2, -0.15) is 0 Å². The Kier molecular flexibility index (Phi) is 3.04. The zero-order chi connectivity index (χ0) is 12.4. The van der Waals surface area contributed by atoms with Gasteiger partial charge >= 0.3 is 0 Å². The summed E-state index contributed by atoms with van der Waals surface area (Å²) in [5, 5.41) is 4.28. The van der Waals surface area contributed by atoms with Gasteiger partial charge in [0.1, 0.15) is 6.54 Å². The standard InChI is InChI=1S/C13H16N3O/c1-10-14-15(3)11(2)16(10)9-13(17)12-7-5-4-6-8-12/h4-8H,9H2,1-3H3/q+1. The summed E-state index contributed by atoms with van der Waals surface area (Å²) in [4.78, 5) is 12.1. The van der Waals surface area contributed by atoms with Gasteiger partial charge in [0.25, 0.3) is 5.82 Å². The number of rotatable bonds is 3. The first-order valence-electron chi connectivity index (χ1n) is 5.58. The van der Waals surface area contributed by atoms with Crippen molar-refractivity contribution in [3.05, 3.63) is 47.5 Å². The summed E-state index contributed by atoms with van der Waals surface area (Å²) < 4.78 is 3.71. The average molecular weight is 230 g/mol. The number of carbonyl (C=O) groups is 1. The summed E-state index contributed by atoms with van der Waals surface area (Å²) in [7, 11) is 1.88. The van der Waals surface area contributed by atoms with Crippen LogP contribution in [0.2, 0.25) is 0 Å². The van der Waals surface area contributed by atoms with Crippen LogP contribution in [0.3, 0.4) is 0 Å². The maximum absolute atomic E-state index is 12.1. The molecule has 1 heterocycles. The fourth-order valence-electron chi connectivity index (χ4n) is 1.84. The van der Waals surface area contributed by atoms with Gasteiger partial charge in [0.2, 0.25) is 5.82 Å². The van der Waals surface area contributed by atoms with Crippen LogP contribution in [0.25, 0.3) is 0 Å². The van der Waals surface area contributed by atoms with E-state index in [1.165, 1.54) is 0 Å². The lowest BCUT2D eigenvalue weighted by Gasteiger charge is -2.00. The van der Waals surface area contributed by atoms with Crippen molar-refractivity contribution in [1.29, 1.82) is 0 Å². The number of aryl methyl sites for hydroxylation is 2. The highest BCUT2D eigenvalue weighted by molar-refractivity contribution is 5.94. The monoisotopic (exact) mass is 230 g/mol. The SMILES string of the molecule is Cc1nn(C)c(C)[n+]1CC(=O)c1ccccc1. The molecule has 0 amide bonds. The molecule has 0 aliphatic rings. The molecule has 0 saturated heterocycles. The summed E-state index contributed by atoms with van der Waals surface area (Å²) in [6.45, 7) is 4.21. The topological polar surface area (TPSA) is 38.8 Å². The van der Waals surface area contributed by atoms with E-state index >= 15 is 0 Å². The number of ketones is 1. The lowest BCUT2D eigenvalue weighted by atomic mass is 10.1. The number of hydrogen-bond donors (Lipinski definition) is 0. The van der Waals surface area contributed by atoms with E-state index in [0.717, 1.165) is 17.2 Å². The molecule has 2 rings (SSSR count). The van der Waals surface area contributed by atoms with Gasteiger partial charge in [-0.3, -0.25) is 4.79 Å².